The summed E-state index contributed by atoms with van der Waals surface area (Å²) in [7, 11) is 0. The number of aromatic nitrogens is 1. The molecule has 4 nitrogen and oxygen atoms in total. The van der Waals surface area contributed by atoms with Crippen molar-refractivity contribution < 1.29 is 9.84 Å². The molecule has 0 aliphatic heterocycles. The molecular weight excluding hydrogens is 228 g/mol. The van der Waals surface area contributed by atoms with E-state index in [9.17, 15) is 5.11 Å². The van der Waals surface area contributed by atoms with E-state index in [2.05, 4.69) is 4.98 Å². The number of benzene rings is 1. The lowest BCUT2D eigenvalue weighted by molar-refractivity contribution is 0.219. The molecule has 1 aromatic carbocycles. The average molecular weight is 244 g/mol. The van der Waals surface area contributed by atoms with Crippen molar-refractivity contribution in [1.29, 1.82) is 0 Å². The zero-order valence-corrected chi connectivity index (χ0v) is 10.2. The number of ether oxygens (including phenoxy) is 1. The first-order chi connectivity index (χ1) is 8.72. The number of hydrogen-bond donors (Lipinski definition) is 2. The molecule has 0 aliphatic carbocycles. The fourth-order valence-electron chi connectivity index (χ4n) is 1.77. The topological polar surface area (TPSA) is 68.4 Å². The molecule has 18 heavy (non-hydrogen) atoms. The number of anilines is 1. The van der Waals surface area contributed by atoms with Crippen molar-refractivity contribution in [3.05, 3.63) is 53.9 Å². The number of nitrogen functional groups attached to an aromatic ring is 1. The van der Waals surface area contributed by atoms with Crippen LogP contribution >= 0.6 is 0 Å². The lowest BCUT2D eigenvalue weighted by Gasteiger charge is -2.14. The number of nitrogens with two attached hydrogens (primary N) is 1. The summed E-state index contributed by atoms with van der Waals surface area (Å²) in [5.74, 6) is 0.642. The van der Waals surface area contributed by atoms with Crippen LogP contribution in [0.15, 0.2) is 42.7 Å². The lowest BCUT2D eigenvalue weighted by Crippen LogP contribution is -2.04. The fourth-order valence-corrected chi connectivity index (χ4v) is 1.77. The molecule has 0 radical (unpaired) electrons. The summed E-state index contributed by atoms with van der Waals surface area (Å²) in [6.07, 6.45) is 2.44. The molecule has 94 valence electrons. The Balaban J connectivity index is 2.31. The third kappa shape index (κ3) is 2.60. The van der Waals surface area contributed by atoms with Gasteiger partial charge in [-0.25, -0.2) is 0 Å². The van der Waals surface area contributed by atoms with Crippen molar-refractivity contribution in [3.8, 4) is 5.75 Å². The van der Waals surface area contributed by atoms with Gasteiger partial charge in [-0.05, 0) is 19.1 Å². The number of hydrogen-bond acceptors (Lipinski definition) is 4. The van der Waals surface area contributed by atoms with E-state index in [1.165, 1.54) is 0 Å². The summed E-state index contributed by atoms with van der Waals surface area (Å²) in [6, 6.07) is 9.01. The van der Waals surface area contributed by atoms with Gasteiger partial charge in [-0.2, -0.15) is 0 Å². The highest BCUT2D eigenvalue weighted by molar-refractivity contribution is 5.50. The minimum Gasteiger partial charge on any atom is -0.492 e. The molecule has 0 saturated carbocycles. The van der Waals surface area contributed by atoms with E-state index in [0.717, 1.165) is 0 Å². The first kappa shape index (κ1) is 12.4. The maximum atomic E-state index is 10.3. The SMILES string of the molecule is CCOc1cncc(C(O)c2ccccc2N)c1. The first-order valence-corrected chi connectivity index (χ1v) is 5.82. The third-order valence-electron chi connectivity index (χ3n) is 2.65. The van der Waals surface area contributed by atoms with Crippen LogP contribution in [0.3, 0.4) is 0 Å². The van der Waals surface area contributed by atoms with Crippen LogP contribution in [-0.4, -0.2) is 16.7 Å². The van der Waals surface area contributed by atoms with Crippen molar-refractivity contribution in [1.82, 2.24) is 4.98 Å². The number of para-hydroxylation sites is 1. The standard InChI is InChI=1S/C14H16N2O2/c1-2-18-11-7-10(8-16-9-11)14(17)12-5-3-4-6-13(12)15/h3-9,14,17H,2,15H2,1H3. The van der Waals surface area contributed by atoms with Gasteiger partial charge in [0.15, 0.2) is 0 Å². The van der Waals surface area contributed by atoms with Gasteiger partial charge >= 0.3 is 0 Å². The van der Waals surface area contributed by atoms with Gasteiger partial charge in [0.05, 0.1) is 12.8 Å². The van der Waals surface area contributed by atoms with Crippen LogP contribution in [-0.2, 0) is 0 Å². The fraction of sp³-hybridized carbons (Fsp3) is 0.214. The van der Waals surface area contributed by atoms with E-state index in [1.54, 1.807) is 30.6 Å². The van der Waals surface area contributed by atoms with Crippen LogP contribution in [0.2, 0.25) is 0 Å². The molecule has 1 aromatic heterocycles. The molecule has 1 unspecified atom stereocenters. The summed E-state index contributed by atoms with van der Waals surface area (Å²) >= 11 is 0. The second kappa shape index (κ2) is 5.51. The summed E-state index contributed by atoms with van der Waals surface area (Å²) in [6.45, 7) is 2.47. The summed E-state index contributed by atoms with van der Waals surface area (Å²) in [4.78, 5) is 4.05. The number of pyridine rings is 1. The number of rotatable bonds is 4. The van der Waals surface area contributed by atoms with Gasteiger partial charge in [-0.3, -0.25) is 4.98 Å². The van der Waals surface area contributed by atoms with Crippen molar-refractivity contribution in [2.75, 3.05) is 12.3 Å². The van der Waals surface area contributed by atoms with Gasteiger partial charge in [0, 0.05) is 23.0 Å². The smallest absolute Gasteiger partial charge is 0.137 e. The lowest BCUT2D eigenvalue weighted by atomic mass is 10.0. The van der Waals surface area contributed by atoms with Crippen LogP contribution in [0, 0.1) is 0 Å². The third-order valence-corrected chi connectivity index (χ3v) is 2.65. The molecule has 4 heteroatoms. The molecular formula is C14H16N2O2. The van der Waals surface area contributed by atoms with E-state index >= 15 is 0 Å². The Bertz CT molecular complexity index is 529. The molecule has 2 aromatic rings. The monoisotopic (exact) mass is 244 g/mol. The minimum atomic E-state index is -0.792. The molecule has 3 N–H and O–H groups in total. The predicted octanol–water partition coefficient (Wildman–Crippen LogP) is 2.14. The van der Waals surface area contributed by atoms with Crippen molar-refractivity contribution in [3.63, 3.8) is 0 Å². The van der Waals surface area contributed by atoms with Gasteiger partial charge in [-0.1, -0.05) is 18.2 Å². The van der Waals surface area contributed by atoms with Crippen molar-refractivity contribution in [2.24, 2.45) is 0 Å². The normalized spacial score (nSPS) is 12.1. The van der Waals surface area contributed by atoms with Gasteiger partial charge in [0.1, 0.15) is 11.9 Å². The highest BCUT2D eigenvalue weighted by Crippen LogP contribution is 2.27. The maximum absolute atomic E-state index is 10.3. The Morgan fingerprint density at radius 3 is 2.83 bits per heavy atom. The van der Waals surface area contributed by atoms with Gasteiger partial charge in [0.2, 0.25) is 0 Å². The summed E-state index contributed by atoms with van der Waals surface area (Å²) in [5, 5.41) is 10.3. The zero-order valence-electron chi connectivity index (χ0n) is 10.2. The quantitative estimate of drug-likeness (QED) is 0.808. The largest absolute Gasteiger partial charge is 0.492 e. The van der Waals surface area contributed by atoms with Crippen LogP contribution in [0.1, 0.15) is 24.2 Å². The molecule has 0 bridgehead atoms. The number of nitrogens with zero attached hydrogens (tertiary/aromatic N) is 1. The minimum absolute atomic E-state index is 0.562. The molecule has 1 atom stereocenters. The van der Waals surface area contributed by atoms with E-state index in [1.807, 2.05) is 19.1 Å². The zero-order chi connectivity index (χ0) is 13.0. The van der Waals surface area contributed by atoms with E-state index in [4.69, 9.17) is 10.5 Å². The van der Waals surface area contributed by atoms with Crippen LogP contribution in [0.25, 0.3) is 0 Å². The Kier molecular flexibility index (Phi) is 3.79. The summed E-state index contributed by atoms with van der Waals surface area (Å²) in [5.41, 5.74) is 7.75. The summed E-state index contributed by atoms with van der Waals surface area (Å²) < 4.78 is 5.36. The van der Waals surface area contributed by atoms with E-state index in [0.29, 0.717) is 29.2 Å². The van der Waals surface area contributed by atoms with E-state index in [-0.39, 0.29) is 0 Å². The number of aliphatic hydroxyl groups excluding tert-OH is 1. The van der Waals surface area contributed by atoms with Crippen molar-refractivity contribution >= 4 is 5.69 Å². The molecule has 0 spiro atoms. The number of aliphatic hydroxyl groups is 1. The molecule has 2 rings (SSSR count). The molecule has 0 amide bonds. The molecule has 1 heterocycles. The highest BCUT2D eigenvalue weighted by atomic mass is 16.5. The Morgan fingerprint density at radius 1 is 1.33 bits per heavy atom. The second-order valence-electron chi connectivity index (χ2n) is 3.92. The van der Waals surface area contributed by atoms with Gasteiger partial charge < -0.3 is 15.6 Å². The van der Waals surface area contributed by atoms with Crippen molar-refractivity contribution in [2.45, 2.75) is 13.0 Å². The average Bonchev–Trinajstić information content (AvgIpc) is 2.39. The highest BCUT2D eigenvalue weighted by Gasteiger charge is 2.14. The van der Waals surface area contributed by atoms with Crippen LogP contribution < -0.4 is 10.5 Å². The van der Waals surface area contributed by atoms with Crippen LogP contribution in [0.5, 0.6) is 5.75 Å². The predicted molar refractivity (Wildman–Crippen MR) is 70.3 cm³/mol. The Hall–Kier alpha value is -2.07. The maximum Gasteiger partial charge on any atom is 0.137 e. The molecule has 0 saturated heterocycles. The van der Waals surface area contributed by atoms with E-state index < -0.39 is 6.10 Å². The Labute approximate surface area is 106 Å². The Morgan fingerprint density at radius 2 is 2.11 bits per heavy atom. The second-order valence-corrected chi connectivity index (χ2v) is 3.92. The van der Waals surface area contributed by atoms with Gasteiger partial charge in [0.25, 0.3) is 0 Å². The van der Waals surface area contributed by atoms with Crippen LogP contribution in [0.4, 0.5) is 5.69 Å². The molecule has 0 aliphatic rings. The first-order valence-electron chi connectivity index (χ1n) is 5.82. The van der Waals surface area contributed by atoms with Gasteiger partial charge in [-0.15, -0.1) is 0 Å². The molecule has 0 fully saturated rings.